The summed E-state index contributed by atoms with van der Waals surface area (Å²) >= 11 is 0. The lowest BCUT2D eigenvalue weighted by Gasteiger charge is -2.10. The molecule has 5 nitrogen and oxygen atoms in total. The zero-order valence-electron chi connectivity index (χ0n) is 14.3. The molecule has 0 aromatic heterocycles. The van der Waals surface area contributed by atoms with Crippen molar-refractivity contribution >= 4 is 6.03 Å². The van der Waals surface area contributed by atoms with Gasteiger partial charge in [0.1, 0.15) is 23.9 Å². The van der Waals surface area contributed by atoms with Crippen molar-refractivity contribution < 1.29 is 18.7 Å². The first kappa shape index (κ1) is 18.6. The van der Waals surface area contributed by atoms with Gasteiger partial charge in [-0.25, -0.2) is 9.18 Å². The van der Waals surface area contributed by atoms with Crippen LogP contribution < -0.4 is 20.1 Å². The highest BCUT2D eigenvalue weighted by Crippen LogP contribution is 2.12. The third-order valence-electron chi connectivity index (χ3n) is 3.33. The molecule has 0 heterocycles. The number of ether oxygens (including phenoxy) is 2. The summed E-state index contributed by atoms with van der Waals surface area (Å²) in [5.41, 5.74) is 1.13. The van der Waals surface area contributed by atoms with Gasteiger partial charge in [0, 0.05) is 6.54 Å². The van der Waals surface area contributed by atoms with Crippen LogP contribution >= 0.6 is 0 Å². The van der Waals surface area contributed by atoms with Gasteiger partial charge in [-0.3, -0.25) is 0 Å². The van der Waals surface area contributed by atoms with Crippen LogP contribution in [0.25, 0.3) is 0 Å². The molecule has 0 aliphatic rings. The predicted octanol–water partition coefficient (Wildman–Crippen LogP) is 3.28. The minimum atomic E-state index is -0.294. The molecule has 2 rings (SSSR count). The highest BCUT2D eigenvalue weighted by Gasteiger charge is 2.00. The molecule has 0 unspecified atom stereocenters. The number of aryl methyl sites for hydroxylation is 1. The van der Waals surface area contributed by atoms with Crippen LogP contribution in [0.1, 0.15) is 12.0 Å². The Morgan fingerprint density at radius 3 is 2.44 bits per heavy atom. The third kappa shape index (κ3) is 7.56. The van der Waals surface area contributed by atoms with E-state index in [0.717, 1.165) is 11.3 Å². The average molecular weight is 346 g/mol. The van der Waals surface area contributed by atoms with E-state index in [1.54, 1.807) is 12.1 Å². The number of hydrogen-bond donors (Lipinski definition) is 2. The fraction of sp³-hybridized carbons (Fsp3) is 0.316. The lowest BCUT2D eigenvalue weighted by Crippen LogP contribution is -2.38. The van der Waals surface area contributed by atoms with Gasteiger partial charge < -0.3 is 20.1 Å². The summed E-state index contributed by atoms with van der Waals surface area (Å²) in [4.78, 5) is 11.6. The number of rotatable bonds is 9. The maximum atomic E-state index is 12.7. The highest BCUT2D eigenvalue weighted by atomic mass is 19.1. The lowest BCUT2D eigenvalue weighted by molar-refractivity contribution is 0.235. The van der Waals surface area contributed by atoms with E-state index in [-0.39, 0.29) is 11.8 Å². The van der Waals surface area contributed by atoms with Gasteiger partial charge in [-0.05, 0) is 55.3 Å². The van der Waals surface area contributed by atoms with Crippen LogP contribution in [0.15, 0.2) is 48.5 Å². The van der Waals surface area contributed by atoms with E-state index in [1.165, 1.54) is 12.1 Å². The number of halogens is 1. The molecule has 6 heteroatoms. The second-order valence-corrected chi connectivity index (χ2v) is 5.50. The van der Waals surface area contributed by atoms with Crippen molar-refractivity contribution in [3.05, 3.63) is 59.9 Å². The molecule has 0 radical (unpaired) electrons. The number of hydrogen-bond acceptors (Lipinski definition) is 3. The smallest absolute Gasteiger partial charge is 0.314 e. The molecule has 0 saturated carbocycles. The minimum absolute atomic E-state index is 0.241. The first-order valence-electron chi connectivity index (χ1n) is 8.23. The number of benzene rings is 2. The molecule has 0 atom stereocenters. The first-order valence-corrected chi connectivity index (χ1v) is 8.23. The number of nitrogens with one attached hydrogen (secondary N) is 2. The van der Waals surface area contributed by atoms with Crippen molar-refractivity contribution in [1.82, 2.24) is 10.6 Å². The molecule has 2 aromatic rings. The van der Waals surface area contributed by atoms with Crippen LogP contribution in [0.4, 0.5) is 9.18 Å². The Morgan fingerprint density at radius 1 is 0.960 bits per heavy atom. The Morgan fingerprint density at radius 2 is 1.68 bits per heavy atom. The van der Waals surface area contributed by atoms with Gasteiger partial charge in [0.2, 0.25) is 0 Å². The molecule has 25 heavy (non-hydrogen) atoms. The molecule has 134 valence electrons. The summed E-state index contributed by atoms with van der Waals surface area (Å²) in [5, 5.41) is 5.47. The quantitative estimate of drug-likeness (QED) is 0.685. The summed E-state index contributed by atoms with van der Waals surface area (Å²) in [6.07, 6.45) is 0.657. The topological polar surface area (TPSA) is 59.6 Å². The van der Waals surface area contributed by atoms with Crippen molar-refractivity contribution in [3.63, 3.8) is 0 Å². The summed E-state index contributed by atoms with van der Waals surface area (Å²) in [6, 6.07) is 13.4. The first-order chi connectivity index (χ1) is 12.1. The Bertz CT molecular complexity index is 662. The van der Waals surface area contributed by atoms with Crippen LogP contribution in [0.5, 0.6) is 11.5 Å². The van der Waals surface area contributed by atoms with E-state index in [4.69, 9.17) is 9.47 Å². The molecule has 0 saturated heterocycles. The Kier molecular flexibility index (Phi) is 7.56. The number of amides is 2. The maximum Gasteiger partial charge on any atom is 0.314 e. The van der Waals surface area contributed by atoms with Gasteiger partial charge >= 0.3 is 6.03 Å². The Balaban J connectivity index is 1.49. The molecule has 2 amide bonds. The van der Waals surface area contributed by atoms with E-state index >= 15 is 0 Å². The van der Waals surface area contributed by atoms with Crippen molar-refractivity contribution in [2.75, 3.05) is 26.3 Å². The van der Waals surface area contributed by atoms with Crippen molar-refractivity contribution in [2.45, 2.75) is 13.3 Å². The van der Waals surface area contributed by atoms with E-state index in [0.29, 0.717) is 38.5 Å². The zero-order valence-corrected chi connectivity index (χ0v) is 14.3. The summed E-state index contributed by atoms with van der Waals surface area (Å²) in [7, 11) is 0. The predicted molar refractivity (Wildman–Crippen MR) is 94.6 cm³/mol. The van der Waals surface area contributed by atoms with Crippen LogP contribution in [0, 0.1) is 12.7 Å². The van der Waals surface area contributed by atoms with Crippen LogP contribution in [-0.4, -0.2) is 32.3 Å². The van der Waals surface area contributed by atoms with E-state index < -0.39 is 0 Å². The van der Waals surface area contributed by atoms with Crippen LogP contribution in [-0.2, 0) is 0 Å². The Hall–Kier alpha value is -2.76. The molecule has 0 aliphatic heterocycles. The summed E-state index contributed by atoms with van der Waals surface area (Å²) in [6.45, 7) is 3.77. The van der Waals surface area contributed by atoms with Gasteiger partial charge in [-0.2, -0.15) is 0 Å². The van der Waals surface area contributed by atoms with Crippen molar-refractivity contribution in [1.29, 1.82) is 0 Å². The second-order valence-electron chi connectivity index (χ2n) is 5.50. The second kappa shape index (κ2) is 10.2. The van der Waals surface area contributed by atoms with Crippen LogP contribution in [0.2, 0.25) is 0 Å². The number of urea groups is 1. The lowest BCUT2D eigenvalue weighted by atomic mass is 10.2. The fourth-order valence-electron chi connectivity index (χ4n) is 2.10. The highest BCUT2D eigenvalue weighted by molar-refractivity contribution is 5.73. The minimum Gasteiger partial charge on any atom is -0.494 e. The monoisotopic (exact) mass is 346 g/mol. The van der Waals surface area contributed by atoms with E-state index in [1.807, 2.05) is 31.2 Å². The van der Waals surface area contributed by atoms with Gasteiger partial charge in [-0.15, -0.1) is 0 Å². The van der Waals surface area contributed by atoms with Crippen molar-refractivity contribution in [3.8, 4) is 11.5 Å². The molecular weight excluding hydrogens is 323 g/mol. The third-order valence-corrected chi connectivity index (χ3v) is 3.33. The average Bonchev–Trinajstić information content (AvgIpc) is 2.60. The van der Waals surface area contributed by atoms with Gasteiger partial charge in [0.05, 0.1) is 13.2 Å². The number of carbonyl (C=O) groups excluding carboxylic acids is 1. The summed E-state index contributed by atoms with van der Waals surface area (Å²) < 4.78 is 23.7. The van der Waals surface area contributed by atoms with Gasteiger partial charge in [0.25, 0.3) is 0 Å². The Labute approximate surface area is 147 Å². The molecule has 0 bridgehead atoms. The maximum absolute atomic E-state index is 12.7. The number of carbonyl (C=O) groups is 1. The molecule has 0 spiro atoms. The SMILES string of the molecule is Cc1cccc(OCCNC(=O)NCCCOc2ccc(F)cc2)c1. The van der Waals surface area contributed by atoms with E-state index in [2.05, 4.69) is 10.6 Å². The zero-order chi connectivity index (χ0) is 17.9. The molecule has 0 aliphatic carbocycles. The molecule has 2 N–H and O–H groups in total. The normalized spacial score (nSPS) is 10.2. The van der Waals surface area contributed by atoms with E-state index in [9.17, 15) is 9.18 Å². The van der Waals surface area contributed by atoms with Gasteiger partial charge in [0.15, 0.2) is 0 Å². The largest absolute Gasteiger partial charge is 0.494 e. The molecular formula is C19H23FN2O3. The standard InChI is InChI=1S/C19H23FN2O3/c1-15-4-2-5-18(14-15)25-13-11-22-19(23)21-10-3-12-24-17-8-6-16(20)7-9-17/h2,4-9,14H,3,10-13H2,1H3,(H2,21,22,23). The van der Waals surface area contributed by atoms with Crippen molar-refractivity contribution in [2.24, 2.45) is 0 Å². The molecule has 0 fully saturated rings. The van der Waals surface area contributed by atoms with Crippen LogP contribution in [0.3, 0.4) is 0 Å². The fourth-order valence-corrected chi connectivity index (χ4v) is 2.10. The van der Waals surface area contributed by atoms with Gasteiger partial charge in [-0.1, -0.05) is 12.1 Å². The molecule has 2 aromatic carbocycles. The summed E-state index contributed by atoms with van der Waals surface area (Å²) in [5.74, 6) is 1.11.